The standard InChI is InChI=1S/C24H26N6O3S/c1-6-16(7-2)23-27-29-21(25)19(22(31)26-24(29)34-23)11-17-10-14(4)28(15(17)5)20-12-18(30(32)33)9-8-13(20)3/h8-12,16,25H,6-7H2,1-5H3. The molecule has 0 aliphatic carbocycles. The molecule has 1 aromatic heterocycles. The van der Waals surface area contributed by atoms with Crippen LogP contribution in [0.2, 0.25) is 0 Å². The third kappa shape index (κ3) is 3.98. The van der Waals surface area contributed by atoms with E-state index in [1.807, 2.05) is 31.4 Å². The zero-order valence-electron chi connectivity index (χ0n) is 19.7. The molecule has 10 heteroatoms. The lowest BCUT2D eigenvalue weighted by molar-refractivity contribution is -0.384. The highest BCUT2D eigenvalue weighted by molar-refractivity contribution is 8.27. The first-order chi connectivity index (χ1) is 16.2. The summed E-state index contributed by atoms with van der Waals surface area (Å²) >= 11 is 1.36. The van der Waals surface area contributed by atoms with Crippen molar-refractivity contribution in [1.82, 2.24) is 9.58 Å². The van der Waals surface area contributed by atoms with Crippen LogP contribution in [0, 0.1) is 42.2 Å². The van der Waals surface area contributed by atoms with Crippen molar-refractivity contribution in [3.8, 4) is 5.69 Å². The number of aromatic nitrogens is 1. The summed E-state index contributed by atoms with van der Waals surface area (Å²) in [5.74, 6) is -0.202. The molecule has 9 nitrogen and oxygen atoms in total. The molecule has 3 heterocycles. The van der Waals surface area contributed by atoms with Crippen LogP contribution in [0.25, 0.3) is 11.8 Å². The molecule has 0 unspecified atom stereocenters. The van der Waals surface area contributed by atoms with Gasteiger partial charge in [-0.15, -0.1) is 0 Å². The molecule has 2 aliphatic rings. The second-order valence-corrected chi connectivity index (χ2v) is 9.35. The van der Waals surface area contributed by atoms with Crippen LogP contribution in [0.15, 0.2) is 39.9 Å². The molecule has 1 N–H and O–H groups in total. The number of carbonyl (C=O) groups is 1. The monoisotopic (exact) mass is 478 g/mol. The molecule has 0 fully saturated rings. The number of thioether (sulfide) groups is 1. The van der Waals surface area contributed by atoms with Gasteiger partial charge < -0.3 is 4.57 Å². The van der Waals surface area contributed by atoms with E-state index < -0.39 is 10.8 Å². The highest BCUT2D eigenvalue weighted by atomic mass is 32.2. The Bertz CT molecular complexity index is 1320. The summed E-state index contributed by atoms with van der Waals surface area (Å²) in [5, 5.41) is 27.3. The summed E-state index contributed by atoms with van der Waals surface area (Å²) in [7, 11) is 0. The molecule has 2 aromatic rings. The minimum absolute atomic E-state index is 0.000196. The Kier molecular flexibility index (Phi) is 6.26. The smallest absolute Gasteiger partial charge is 0.283 e. The van der Waals surface area contributed by atoms with E-state index in [2.05, 4.69) is 23.9 Å². The third-order valence-electron chi connectivity index (χ3n) is 6.22. The Morgan fingerprint density at radius 1 is 1.21 bits per heavy atom. The molecule has 0 radical (unpaired) electrons. The maximum absolute atomic E-state index is 12.8. The van der Waals surface area contributed by atoms with E-state index in [0.29, 0.717) is 10.9 Å². The molecule has 0 spiro atoms. The van der Waals surface area contributed by atoms with Crippen molar-refractivity contribution < 1.29 is 9.72 Å². The predicted molar refractivity (Wildman–Crippen MR) is 136 cm³/mol. The molecule has 34 heavy (non-hydrogen) atoms. The van der Waals surface area contributed by atoms with Gasteiger partial charge in [0.25, 0.3) is 11.6 Å². The second-order valence-electron chi connectivity index (χ2n) is 8.36. The number of hydrogen-bond donors (Lipinski definition) is 1. The average molecular weight is 479 g/mol. The Morgan fingerprint density at radius 3 is 2.56 bits per heavy atom. The van der Waals surface area contributed by atoms with Gasteiger partial charge in [-0.2, -0.15) is 15.1 Å². The SMILES string of the molecule is CCC(CC)C1=NN2C(=N)C(=Cc3cc(C)n(-c4cc([N+](=O)[O-])ccc4C)c3C)C(=O)N=C2S1. The van der Waals surface area contributed by atoms with Gasteiger partial charge in [0.2, 0.25) is 5.17 Å². The lowest BCUT2D eigenvalue weighted by Crippen LogP contribution is -2.35. The summed E-state index contributed by atoms with van der Waals surface area (Å²) in [4.78, 5) is 27.9. The molecular formula is C24H26N6O3S. The molecule has 1 aromatic carbocycles. The van der Waals surface area contributed by atoms with E-state index in [1.54, 1.807) is 18.2 Å². The van der Waals surface area contributed by atoms with Crippen LogP contribution in [-0.2, 0) is 4.79 Å². The number of hydrazone groups is 1. The highest BCUT2D eigenvalue weighted by Gasteiger charge is 2.37. The lowest BCUT2D eigenvalue weighted by Gasteiger charge is -2.20. The lowest BCUT2D eigenvalue weighted by atomic mass is 10.1. The number of hydrogen-bond acceptors (Lipinski definition) is 6. The Balaban J connectivity index is 1.74. The van der Waals surface area contributed by atoms with Crippen LogP contribution in [0.5, 0.6) is 0 Å². The molecule has 1 amide bonds. The van der Waals surface area contributed by atoms with Gasteiger partial charge in [-0.1, -0.05) is 19.9 Å². The van der Waals surface area contributed by atoms with Gasteiger partial charge in [0.15, 0.2) is 5.84 Å². The molecule has 0 saturated carbocycles. The van der Waals surface area contributed by atoms with Crippen LogP contribution in [-0.4, -0.2) is 36.5 Å². The first kappa shape index (κ1) is 23.6. The number of carbonyl (C=O) groups excluding carboxylic acids is 1. The minimum atomic E-state index is -0.471. The number of non-ortho nitro benzene ring substituents is 1. The quantitative estimate of drug-likeness (QED) is 0.340. The van der Waals surface area contributed by atoms with E-state index in [9.17, 15) is 14.9 Å². The molecule has 176 valence electrons. The second kappa shape index (κ2) is 9.02. The Labute approximate surface area is 201 Å². The minimum Gasteiger partial charge on any atom is -0.317 e. The summed E-state index contributed by atoms with van der Waals surface area (Å²) in [5.41, 5.74) is 4.17. The number of nitro groups is 1. The number of benzene rings is 1. The van der Waals surface area contributed by atoms with E-state index in [-0.39, 0.29) is 23.0 Å². The first-order valence-corrected chi connectivity index (χ1v) is 11.9. The maximum atomic E-state index is 12.8. The number of nitrogens with one attached hydrogen (secondary N) is 1. The van der Waals surface area contributed by atoms with Crippen molar-refractivity contribution in [1.29, 1.82) is 5.41 Å². The van der Waals surface area contributed by atoms with Crippen LogP contribution in [0.1, 0.15) is 49.2 Å². The van der Waals surface area contributed by atoms with Gasteiger partial charge in [0, 0.05) is 29.4 Å². The highest BCUT2D eigenvalue weighted by Crippen LogP contribution is 2.34. The van der Waals surface area contributed by atoms with Crippen LogP contribution < -0.4 is 0 Å². The first-order valence-electron chi connectivity index (χ1n) is 11.1. The van der Waals surface area contributed by atoms with E-state index >= 15 is 0 Å². The van der Waals surface area contributed by atoms with Gasteiger partial charge in [0.05, 0.1) is 16.2 Å². The van der Waals surface area contributed by atoms with Crippen molar-refractivity contribution >= 4 is 45.5 Å². The van der Waals surface area contributed by atoms with Gasteiger partial charge >= 0.3 is 0 Å². The molecule has 0 saturated heterocycles. The zero-order chi connectivity index (χ0) is 24.7. The van der Waals surface area contributed by atoms with Crippen molar-refractivity contribution in [2.75, 3.05) is 0 Å². The van der Waals surface area contributed by atoms with Crippen molar-refractivity contribution in [3.05, 3.63) is 62.5 Å². The normalized spacial score (nSPS) is 16.9. The molecule has 2 aliphatic heterocycles. The molecular weight excluding hydrogens is 452 g/mol. The van der Waals surface area contributed by atoms with Crippen LogP contribution >= 0.6 is 11.8 Å². The molecule has 4 rings (SSSR count). The van der Waals surface area contributed by atoms with Gasteiger partial charge in [-0.05, 0) is 68.6 Å². The summed E-state index contributed by atoms with van der Waals surface area (Å²) in [6.45, 7) is 9.88. The van der Waals surface area contributed by atoms with Gasteiger partial charge in [0.1, 0.15) is 5.04 Å². The number of aryl methyl sites for hydroxylation is 2. The summed E-state index contributed by atoms with van der Waals surface area (Å²) in [6, 6.07) is 6.66. The Hall–Kier alpha value is -3.53. The number of fused-ring (bicyclic) bond motifs is 1. The largest absolute Gasteiger partial charge is 0.317 e. The summed E-state index contributed by atoms with van der Waals surface area (Å²) in [6.07, 6.45) is 3.51. The Morgan fingerprint density at radius 2 is 1.91 bits per heavy atom. The van der Waals surface area contributed by atoms with Crippen LogP contribution in [0.4, 0.5) is 5.69 Å². The molecule has 0 bridgehead atoms. The van der Waals surface area contributed by atoms with Crippen molar-refractivity contribution in [3.63, 3.8) is 0 Å². The van der Waals surface area contributed by atoms with Crippen molar-refractivity contribution in [2.45, 2.75) is 47.5 Å². The predicted octanol–water partition coefficient (Wildman–Crippen LogP) is 5.37. The fourth-order valence-electron chi connectivity index (χ4n) is 4.22. The topological polar surface area (TPSA) is 117 Å². The zero-order valence-corrected chi connectivity index (χ0v) is 20.6. The number of rotatable bonds is 6. The fraction of sp³-hybridized carbons (Fsp3) is 0.333. The van der Waals surface area contributed by atoms with E-state index in [1.165, 1.54) is 22.8 Å². The number of nitro benzene ring substituents is 1. The number of nitrogens with zero attached hydrogens (tertiary/aromatic N) is 5. The number of aliphatic imine (C=N–C) groups is 1. The maximum Gasteiger partial charge on any atom is 0.283 e. The van der Waals surface area contributed by atoms with E-state index in [4.69, 9.17) is 5.41 Å². The number of amidine groups is 2. The third-order valence-corrected chi connectivity index (χ3v) is 7.29. The van der Waals surface area contributed by atoms with Crippen molar-refractivity contribution in [2.24, 2.45) is 16.0 Å². The van der Waals surface area contributed by atoms with Gasteiger partial charge in [-0.25, -0.2) is 0 Å². The summed E-state index contributed by atoms with van der Waals surface area (Å²) < 4.78 is 1.93. The molecule has 0 atom stereocenters. The average Bonchev–Trinajstić information content (AvgIpc) is 3.33. The van der Waals surface area contributed by atoms with Crippen LogP contribution in [0.3, 0.4) is 0 Å². The van der Waals surface area contributed by atoms with Gasteiger partial charge in [-0.3, -0.25) is 20.3 Å². The fourth-order valence-corrected chi connectivity index (χ4v) is 5.38. The van der Waals surface area contributed by atoms with E-state index in [0.717, 1.165) is 40.4 Å². The number of amides is 1.